The number of nitrogens with one attached hydrogen (secondary N) is 2. The topological polar surface area (TPSA) is 64.6 Å². The van der Waals surface area contributed by atoms with Crippen LogP contribution < -0.4 is 10.6 Å². The maximum Gasteiger partial charge on any atom is 0.315 e. The Balaban J connectivity index is 2.44. The quantitative estimate of drug-likeness (QED) is 0.718. The second-order valence-corrected chi connectivity index (χ2v) is 6.04. The van der Waals surface area contributed by atoms with Crippen LogP contribution in [-0.4, -0.2) is 42.8 Å². The van der Waals surface area contributed by atoms with Crippen LogP contribution in [0.3, 0.4) is 0 Å². The summed E-state index contributed by atoms with van der Waals surface area (Å²) < 4.78 is 13.9. The smallest absolute Gasteiger partial charge is 0.315 e. The SMILES string of the molecule is CC(C)C(O)CNC(=O)NCc1ccc(CN(C)C)c(F)c1. The van der Waals surface area contributed by atoms with E-state index < -0.39 is 6.10 Å². The van der Waals surface area contributed by atoms with E-state index in [-0.39, 0.29) is 30.9 Å². The van der Waals surface area contributed by atoms with Gasteiger partial charge in [-0.3, -0.25) is 0 Å². The van der Waals surface area contributed by atoms with Crippen LogP contribution >= 0.6 is 0 Å². The highest BCUT2D eigenvalue weighted by Gasteiger charge is 2.10. The summed E-state index contributed by atoms with van der Waals surface area (Å²) in [5.74, 6) is -0.192. The van der Waals surface area contributed by atoms with E-state index in [0.717, 1.165) is 0 Å². The maximum absolute atomic E-state index is 13.9. The maximum atomic E-state index is 13.9. The molecule has 1 atom stereocenters. The van der Waals surface area contributed by atoms with Crippen LogP contribution in [0.15, 0.2) is 18.2 Å². The summed E-state index contributed by atoms with van der Waals surface area (Å²) in [7, 11) is 3.76. The van der Waals surface area contributed by atoms with Gasteiger partial charge in [-0.15, -0.1) is 0 Å². The van der Waals surface area contributed by atoms with Crippen LogP contribution in [0.5, 0.6) is 0 Å². The number of nitrogens with zero attached hydrogens (tertiary/aromatic N) is 1. The molecule has 0 spiro atoms. The number of hydrogen-bond acceptors (Lipinski definition) is 3. The summed E-state index contributed by atoms with van der Waals surface area (Å²) >= 11 is 0. The highest BCUT2D eigenvalue weighted by Crippen LogP contribution is 2.12. The fourth-order valence-electron chi connectivity index (χ4n) is 1.85. The molecule has 1 unspecified atom stereocenters. The molecule has 0 saturated heterocycles. The average molecular weight is 311 g/mol. The largest absolute Gasteiger partial charge is 0.391 e. The van der Waals surface area contributed by atoms with Gasteiger partial charge in [-0.05, 0) is 31.6 Å². The molecule has 1 rings (SSSR count). The van der Waals surface area contributed by atoms with Crippen LogP contribution in [-0.2, 0) is 13.1 Å². The molecule has 0 aliphatic carbocycles. The third-order valence-corrected chi connectivity index (χ3v) is 3.30. The van der Waals surface area contributed by atoms with Gasteiger partial charge in [-0.25, -0.2) is 9.18 Å². The Hall–Kier alpha value is -1.66. The number of urea groups is 1. The second kappa shape index (κ2) is 8.70. The highest BCUT2D eigenvalue weighted by molar-refractivity contribution is 5.73. The first kappa shape index (κ1) is 18.4. The molecule has 0 aliphatic heterocycles. The minimum Gasteiger partial charge on any atom is -0.391 e. The normalized spacial score (nSPS) is 12.5. The molecule has 5 nitrogen and oxygen atoms in total. The van der Waals surface area contributed by atoms with Crippen molar-refractivity contribution >= 4 is 6.03 Å². The van der Waals surface area contributed by atoms with E-state index in [0.29, 0.717) is 17.7 Å². The van der Waals surface area contributed by atoms with Crippen molar-refractivity contribution < 1.29 is 14.3 Å². The van der Waals surface area contributed by atoms with Gasteiger partial charge in [0, 0.05) is 25.2 Å². The van der Waals surface area contributed by atoms with Gasteiger partial charge in [0.15, 0.2) is 0 Å². The van der Waals surface area contributed by atoms with Gasteiger partial charge in [0.05, 0.1) is 6.10 Å². The Morgan fingerprint density at radius 1 is 1.32 bits per heavy atom. The average Bonchev–Trinajstić information content (AvgIpc) is 2.44. The molecule has 0 fully saturated rings. The van der Waals surface area contributed by atoms with Crippen LogP contribution in [0.1, 0.15) is 25.0 Å². The number of aliphatic hydroxyl groups excluding tert-OH is 1. The zero-order valence-corrected chi connectivity index (χ0v) is 13.7. The summed E-state index contributed by atoms with van der Waals surface area (Å²) in [5.41, 5.74) is 1.32. The Labute approximate surface area is 131 Å². The molecule has 22 heavy (non-hydrogen) atoms. The number of hydrogen-bond donors (Lipinski definition) is 3. The molecule has 0 heterocycles. The molecule has 0 radical (unpaired) electrons. The van der Waals surface area contributed by atoms with E-state index in [1.807, 2.05) is 32.8 Å². The van der Waals surface area contributed by atoms with Crippen molar-refractivity contribution in [1.82, 2.24) is 15.5 Å². The van der Waals surface area contributed by atoms with Crippen LogP contribution in [0.25, 0.3) is 0 Å². The molecule has 3 N–H and O–H groups in total. The van der Waals surface area contributed by atoms with Crippen molar-refractivity contribution in [2.75, 3.05) is 20.6 Å². The standard InChI is InChI=1S/C16H26FN3O2/c1-11(2)15(21)9-19-16(22)18-8-12-5-6-13(10-20(3)4)14(17)7-12/h5-7,11,15,21H,8-10H2,1-4H3,(H2,18,19,22). The molecular formula is C16H26FN3O2. The molecule has 0 aliphatic rings. The highest BCUT2D eigenvalue weighted by atomic mass is 19.1. The van der Waals surface area contributed by atoms with Crippen molar-refractivity contribution in [3.63, 3.8) is 0 Å². The van der Waals surface area contributed by atoms with Crippen molar-refractivity contribution in [2.24, 2.45) is 5.92 Å². The van der Waals surface area contributed by atoms with E-state index in [9.17, 15) is 14.3 Å². The molecule has 0 bridgehead atoms. The van der Waals surface area contributed by atoms with Crippen molar-refractivity contribution in [3.05, 3.63) is 35.1 Å². The minimum atomic E-state index is -0.575. The molecule has 124 valence electrons. The van der Waals surface area contributed by atoms with E-state index in [1.165, 1.54) is 6.07 Å². The Kier molecular flexibility index (Phi) is 7.27. The van der Waals surface area contributed by atoms with E-state index in [4.69, 9.17) is 0 Å². The Morgan fingerprint density at radius 3 is 2.55 bits per heavy atom. The first-order valence-corrected chi connectivity index (χ1v) is 7.41. The molecular weight excluding hydrogens is 285 g/mol. The number of halogens is 1. The lowest BCUT2D eigenvalue weighted by atomic mass is 10.1. The molecule has 1 aromatic carbocycles. The third-order valence-electron chi connectivity index (χ3n) is 3.30. The fraction of sp³-hybridized carbons (Fsp3) is 0.562. The van der Waals surface area contributed by atoms with Crippen LogP contribution in [0.2, 0.25) is 0 Å². The van der Waals surface area contributed by atoms with E-state index in [1.54, 1.807) is 12.1 Å². The number of benzene rings is 1. The monoisotopic (exact) mass is 311 g/mol. The van der Waals surface area contributed by atoms with Crippen molar-refractivity contribution in [1.29, 1.82) is 0 Å². The lowest BCUT2D eigenvalue weighted by Crippen LogP contribution is -2.40. The van der Waals surface area contributed by atoms with Gasteiger partial charge < -0.3 is 20.6 Å². The summed E-state index contributed by atoms with van der Waals surface area (Å²) in [4.78, 5) is 13.5. The molecule has 6 heteroatoms. The predicted octanol–water partition coefficient (Wildman–Crippen LogP) is 1.70. The number of amides is 2. The van der Waals surface area contributed by atoms with Gasteiger partial charge in [0.25, 0.3) is 0 Å². The summed E-state index contributed by atoms with van der Waals surface area (Å²) in [6, 6.07) is 4.58. The number of aliphatic hydroxyl groups is 1. The van der Waals surface area contributed by atoms with Crippen molar-refractivity contribution in [3.8, 4) is 0 Å². The van der Waals surface area contributed by atoms with Gasteiger partial charge in [0.2, 0.25) is 0 Å². The molecule has 0 saturated carbocycles. The zero-order valence-electron chi connectivity index (χ0n) is 13.7. The minimum absolute atomic E-state index is 0.0821. The zero-order chi connectivity index (χ0) is 16.7. The van der Waals surface area contributed by atoms with Gasteiger partial charge >= 0.3 is 6.03 Å². The lowest BCUT2D eigenvalue weighted by Gasteiger charge is -2.15. The first-order chi connectivity index (χ1) is 10.3. The Morgan fingerprint density at radius 2 is 2.00 bits per heavy atom. The van der Waals surface area contributed by atoms with E-state index >= 15 is 0 Å². The number of rotatable bonds is 7. The second-order valence-electron chi connectivity index (χ2n) is 6.04. The van der Waals surface area contributed by atoms with Crippen LogP contribution in [0.4, 0.5) is 9.18 Å². The Bertz CT molecular complexity index is 492. The summed E-state index contributed by atoms with van der Waals surface area (Å²) in [5, 5.41) is 14.8. The first-order valence-electron chi connectivity index (χ1n) is 7.41. The van der Waals surface area contributed by atoms with Gasteiger partial charge in [-0.1, -0.05) is 26.0 Å². The molecule has 2 amide bonds. The third kappa shape index (κ3) is 6.41. The fourth-order valence-corrected chi connectivity index (χ4v) is 1.85. The van der Waals surface area contributed by atoms with Crippen molar-refractivity contribution in [2.45, 2.75) is 33.0 Å². The number of carbonyl (C=O) groups is 1. The predicted molar refractivity (Wildman–Crippen MR) is 84.9 cm³/mol. The summed E-state index contributed by atoms with van der Waals surface area (Å²) in [6.45, 7) is 4.72. The van der Waals surface area contributed by atoms with E-state index in [2.05, 4.69) is 10.6 Å². The summed E-state index contributed by atoms with van der Waals surface area (Å²) in [6.07, 6.45) is -0.575. The van der Waals surface area contributed by atoms with Crippen LogP contribution in [0, 0.1) is 11.7 Å². The molecule has 0 aromatic heterocycles. The van der Waals surface area contributed by atoms with Gasteiger partial charge in [0.1, 0.15) is 5.82 Å². The number of carbonyl (C=O) groups excluding carboxylic acids is 1. The molecule has 1 aromatic rings. The lowest BCUT2D eigenvalue weighted by molar-refractivity contribution is 0.125. The van der Waals surface area contributed by atoms with Gasteiger partial charge in [-0.2, -0.15) is 0 Å².